The van der Waals surface area contributed by atoms with Crippen LogP contribution in [0.25, 0.3) is 5.57 Å². The van der Waals surface area contributed by atoms with E-state index in [2.05, 4.69) is 5.32 Å². The number of hydrogen-bond donors (Lipinski definition) is 2. The van der Waals surface area contributed by atoms with Gasteiger partial charge in [-0.15, -0.1) is 0 Å². The first-order chi connectivity index (χ1) is 9.91. The van der Waals surface area contributed by atoms with Crippen LogP contribution in [0.5, 0.6) is 5.75 Å². The van der Waals surface area contributed by atoms with Crippen LogP contribution in [0.2, 0.25) is 0 Å². The van der Waals surface area contributed by atoms with Gasteiger partial charge in [-0.25, -0.2) is 4.39 Å². The molecule has 0 saturated heterocycles. The minimum absolute atomic E-state index is 0.109. The van der Waals surface area contributed by atoms with Gasteiger partial charge in [0.25, 0.3) is 5.91 Å². The molecule has 0 saturated carbocycles. The third kappa shape index (κ3) is 3.02. The van der Waals surface area contributed by atoms with Crippen LogP contribution in [-0.4, -0.2) is 23.3 Å². The third-order valence-corrected chi connectivity index (χ3v) is 3.30. The van der Waals surface area contributed by atoms with Crippen LogP contribution in [0.4, 0.5) is 4.39 Å². The van der Waals surface area contributed by atoms with E-state index in [4.69, 9.17) is 0 Å². The van der Waals surface area contributed by atoms with E-state index in [1.165, 1.54) is 25.1 Å². The summed E-state index contributed by atoms with van der Waals surface area (Å²) in [7, 11) is 0. The molecule has 2 N–H and O–H groups in total. The largest absolute Gasteiger partial charge is 0.505 e. The number of fused-ring (bicyclic) bond motifs is 1. The van der Waals surface area contributed by atoms with Gasteiger partial charge in [0, 0.05) is 17.7 Å². The molecule has 1 amide bonds. The predicted octanol–water partition coefficient (Wildman–Crippen LogP) is 2.12. The summed E-state index contributed by atoms with van der Waals surface area (Å²) in [4.78, 5) is 22.9. The Morgan fingerprint density at radius 3 is 2.81 bits per heavy atom. The topological polar surface area (TPSA) is 66.4 Å². The number of aromatic hydroxyl groups is 1. The van der Waals surface area contributed by atoms with Crippen molar-refractivity contribution in [2.45, 2.75) is 20.3 Å². The van der Waals surface area contributed by atoms with Crippen molar-refractivity contribution in [3.05, 3.63) is 46.8 Å². The molecule has 5 heteroatoms. The number of rotatable bonds is 4. The molecule has 1 aromatic rings. The van der Waals surface area contributed by atoms with Gasteiger partial charge in [0.15, 0.2) is 17.3 Å². The molecule has 110 valence electrons. The Labute approximate surface area is 122 Å². The van der Waals surface area contributed by atoms with Crippen molar-refractivity contribution in [2.24, 2.45) is 0 Å². The number of phenols is 1. The summed E-state index contributed by atoms with van der Waals surface area (Å²) in [6, 6.07) is 2.91. The number of benzene rings is 1. The Morgan fingerprint density at radius 2 is 2.14 bits per heavy atom. The van der Waals surface area contributed by atoms with E-state index < -0.39 is 17.5 Å². The number of carbonyl (C=O) groups is 2. The first-order valence-electron chi connectivity index (χ1n) is 6.57. The molecule has 0 fully saturated rings. The van der Waals surface area contributed by atoms with Gasteiger partial charge < -0.3 is 10.4 Å². The predicted molar refractivity (Wildman–Crippen MR) is 77.2 cm³/mol. The van der Waals surface area contributed by atoms with Crippen molar-refractivity contribution in [1.82, 2.24) is 5.32 Å². The first-order valence-corrected chi connectivity index (χ1v) is 6.57. The zero-order valence-electron chi connectivity index (χ0n) is 11.9. The summed E-state index contributed by atoms with van der Waals surface area (Å²) < 4.78 is 14.1. The van der Waals surface area contributed by atoms with Gasteiger partial charge in [-0.1, -0.05) is 17.7 Å². The Hall–Kier alpha value is -2.43. The van der Waals surface area contributed by atoms with E-state index in [-0.39, 0.29) is 23.5 Å². The molecular weight excluding hydrogens is 273 g/mol. The number of phenolic OH excluding ortho intramolecular Hbond substituents is 1. The molecule has 1 aliphatic rings. The van der Waals surface area contributed by atoms with Gasteiger partial charge in [-0.2, -0.15) is 0 Å². The second kappa shape index (κ2) is 5.91. The lowest BCUT2D eigenvalue weighted by Crippen LogP contribution is -2.25. The maximum atomic E-state index is 14.1. The Kier molecular flexibility index (Phi) is 4.21. The SMILES string of the molecule is CC(=O)/C=C/CNC(=O)C1=C(C)Cc2ccc(O)c(F)c21. The molecule has 0 unspecified atom stereocenters. The second-order valence-electron chi connectivity index (χ2n) is 4.99. The summed E-state index contributed by atoms with van der Waals surface area (Å²) in [6.07, 6.45) is 3.37. The van der Waals surface area contributed by atoms with E-state index >= 15 is 0 Å². The highest BCUT2D eigenvalue weighted by molar-refractivity contribution is 6.22. The Morgan fingerprint density at radius 1 is 1.43 bits per heavy atom. The zero-order valence-corrected chi connectivity index (χ0v) is 11.9. The number of halogens is 1. The molecule has 0 aromatic heterocycles. The minimum Gasteiger partial charge on any atom is -0.505 e. The van der Waals surface area contributed by atoms with Gasteiger partial charge in [0.05, 0.1) is 0 Å². The van der Waals surface area contributed by atoms with E-state index in [0.29, 0.717) is 12.0 Å². The number of hydrogen-bond acceptors (Lipinski definition) is 3. The lowest BCUT2D eigenvalue weighted by atomic mass is 10.0. The van der Waals surface area contributed by atoms with Gasteiger partial charge in [-0.05, 0) is 38.0 Å². The van der Waals surface area contributed by atoms with E-state index in [1.54, 1.807) is 13.0 Å². The fraction of sp³-hybridized carbons (Fsp3) is 0.250. The Balaban J connectivity index is 2.22. The van der Waals surface area contributed by atoms with Gasteiger partial charge >= 0.3 is 0 Å². The molecule has 0 spiro atoms. The second-order valence-corrected chi connectivity index (χ2v) is 4.99. The summed E-state index contributed by atoms with van der Waals surface area (Å²) in [6.45, 7) is 3.36. The highest BCUT2D eigenvalue weighted by Crippen LogP contribution is 2.37. The number of allylic oxidation sites excluding steroid dienone is 2. The van der Waals surface area contributed by atoms with Crippen molar-refractivity contribution < 1.29 is 19.1 Å². The maximum Gasteiger partial charge on any atom is 0.252 e. The summed E-state index contributed by atoms with van der Waals surface area (Å²) in [5.74, 6) is -1.76. The van der Waals surface area contributed by atoms with Crippen LogP contribution in [0.1, 0.15) is 25.0 Å². The monoisotopic (exact) mass is 289 g/mol. The van der Waals surface area contributed by atoms with E-state index in [1.807, 2.05) is 0 Å². The van der Waals surface area contributed by atoms with Gasteiger partial charge in [0.2, 0.25) is 0 Å². The summed E-state index contributed by atoms with van der Waals surface area (Å²) >= 11 is 0. The first kappa shape index (κ1) is 15.0. The maximum absolute atomic E-state index is 14.1. The van der Waals surface area contributed by atoms with Gasteiger partial charge in [-0.3, -0.25) is 9.59 Å². The smallest absolute Gasteiger partial charge is 0.252 e. The highest BCUT2D eigenvalue weighted by Gasteiger charge is 2.28. The molecule has 21 heavy (non-hydrogen) atoms. The van der Waals surface area contributed by atoms with Crippen molar-refractivity contribution in [1.29, 1.82) is 0 Å². The van der Waals surface area contributed by atoms with E-state index in [0.717, 1.165) is 5.57 Å². The number of carbonyl (C=O) groups excluding carboxylic acids is 2. The molecule has 0 radical (unpaired) electrons. The Bertz CT molecular complexity index is 674. The van der Waals surface area contributed by atoms with Crippen LogP contribution >= 0.6 is 0 Å². The van der Waals surface area contributed by atoms with Crippen LogP contribution in [0, 0.1) is 5.82 Å². The quantitative estimate of drug-likeness (QED) is 0.834. The standard InChI is InChI=1S/C16H16FNO3/c1-9-8-11-5-6-12(20)15(17)14(11)13(9)16(21)18-7-3-4-10(2)19/h3-6,20H,7-8H2,1-2H3,(H,18,21)/b4-3+. The molecule has 0 bridgehead atoms. The van der Waals surface area contributed by atoms with Crippen molar-refractivity contribution >= 4 is 17.3 Å². The minimum atomic E-state index is -0.770. The average Bonchev–Trinajstić information content (AvgIpc) is 2.76. The number of nitrogens with one attached hydrogen (secondary N) is 1. The van der Waals surface area contributed by atoms with Gasteiger partial charge in [0.1, 0.15) is 0 Å². The normalized spacial score (nSPS) is 13.7. The lowest BCUT2D eigenvalue weighted by Gasteiger charge is -2.09. The molecule has 0 heterocycles. The lowest BCUT2D eigenvalue weighted by molar-refractivity contribution is -0.115. The molecule has 4 nitrogen and oxygen atoms in total. The fourth-order valence-electron chi connectivity index (χ4n) is 2.38. The molecular formula is C16H16FNO3. The number of ketones is 1. The van der Waals surface area contributed by atoms with Crippen molar-refractivity contribution in [3.63, 3.8) is 0 Å². The molecule has 0 atom stereocenters. The van der Waals surface area contributed by atoms with Crippen molar-refractivity contribution in [2.75, 3.05) is 6.54 Å². The number of amides is 1. The molecule has 2 rings (SSSR count). The molecule has 1 aliphatic carbocycles. The van der Waals surface area contributed by atoms with Crippen LogP contribution < -0.4 is 5.32 Å². The van der Waals surface area contributed by atoms with Crippen LogP contribution in [0.3, 0.4) is 0 Å². The van der Waals surface area contributed by atoms with Crippen molar-refractivity contribution in [3.8, 4) is 5.75 Å². The zero-order chi connectivity index (χ0) is 15.6. The summed E-state index contributed by atoms with van der Waals surface area (Å²) in [5.41, 5.74) is 1.87. The fourth-order valence-corrected chi connectivity index (χ4v) is 2.38. The van der Waals surface area contributed by atoms with Crippen LogP contribution in [-0.2, 0) is 16.0 Å². The molecule has 1 aromatic carbocycles. The average molecular weight is 289 g/mol. The summed E-state index contributed by atoms with van der Waals surface area (Å²) in [5, 5.41) is 12.1. The third-order valence-electron chi connectivity index (χ3n) is 3.30. The highest BCUT2D eigenvalue weighted by atomic mass is 19.1. The molecule has 0 aliphatic heterocycles. The van der Waals surface area contributed by atoms with E-state index in [9.17, 15) is 19.1 Å². The van der Waals surface area contributed by atoms with Crippen LogP contribution in [0.15, 0.2) is 29.9 Å².